The van der Waals surface area contributed by atoms with Crippen molar-refractivity contribution in [3.05, 3.63) is 79.8 Å². The van der Waals surface area contributed by atoms with Gasteiger partial charge in [-0.25, -0.2) is 4.98 Å². The second-order valence-electron chi connectivity index (χ2n) is 9.97. The van der Waals surface area contributed by atoms with Gasteiger partial charge < -0.3 is 14.6 Å². The van der Waals surface area contributed by atoms with Crippen molar-refractivity contribution in [3.8, 4) is 17.2 Å². The summed E-state index contributed by atoms with van der Waals surface area (Å²) in [6.07, 6.45) is -3.74. The number of alkyl halides is 3. The van der Waals surface area contributed by atoms with E-state index in [1.54, 1.807) is 24.3 Å². The summed E-state index contributed by atoms with van der Waals surface area (Å²) in [6, 6.07) is 10.1. The third-order valence-corrected chi connectivity index (χ3v) is 10.3. The fraction of sp³-hybridized carbons (Fsp3) is 0.379. The Bertz CT molecular complexity index is 1660. The Labute approximate surface area is 259 Å². The van der Waals surface area contributed by atoms with Crippen molar-refractivity contribution < 1.29 is 32.5 Å². The molecule has 1 aliphatic rings. The van der Waals surface area contributed by atoms with E-state index in [9.17, 15) is 23.1 Å². The fourth-order valence-corrected chi connectivity index (χ4v) is 8.22. The Hall–Kier alpha value is -3.29. The molecule has 1 unspecified atom stereocenters. The summed E-state index contributed by atoms with van der Waals surface area (Å²) < 4.78 is 55.3. The maximum Gasteiger partial charge on any atom is 0.452 e. The number of ether oxygens (including phenoxy) is 2. The highest BCUT2D eigenvalue weighted by Crippen LogP contribution is 2.54. The zero-order valence-corrected chi connectivity index (χ0v) is 26.0. The SMILES string of the molecule is CCC(Cc1sc(C[C@@H]2S[C@@H](c3cccc(OC)c3OC)c3cc(Cl)ccc3-n3c2nnc3C(F)(F)F)nc1C)C(=O)O. The Morgan fingerprint density at radius 3 is 2.58 bits per heavy atom. The summed E-state index contributed by atoms with van der Waals surface area (Å²) in [7, 11) is 3.03. The van der Waals surface area contributed by atoms with Gasteiger partial charge in [-0.3, -0.25) is 9.36 Å². The molecule has 0 radical (unpaired) electrons. The number of aryl methyl sites for hydroxylation is 1. The second-order valence-corrected chi connectivity index (χ2v) is 12.9. The maximum absolute atomic E-state index is 14.3. The first-order valence-electron chi connectivity index (χ1n) is 13.3. The van der Waals surface area contributed by atoms with Gasteiger partial charge in [0, 0.05) is 21.9 Å². The highest BCUT2D eigenvalue weighted by atomic mass is 35.5. The van der Waals surface area contributed by atoms with E-state index in [4.69, 9.17) is 26.1 Å². The number of hydrogen-bond donors (Lipinski definition) is 1. The molecule has 0 spiro atoms. The molecular weight excluding hydrogens is 625 g/mol. The lowest BCUT2D eigenvalue weighted by atomic mass is 10.0. The van der Waals surface area contributed by atoms with Crippen LogP contribution in [-0.2, 0) is 23.8 Å². The number of benzene rings is 2. The van der Waals surface area contributed by atoms with Gasteiger partial charge >= 0.3 is 12.1 Å². The predicted octanol–water partition coefficient (Wildman–Crippen LogP) is 7.49. The van der Waals surface area contributed by atoms with Crippen LogP contribution in [0.4, 0.5) is 13.2 Å². The molecule has 2 aromatic heterocycles. The number of fused-ring (bicyclic) bond motifs is 3. The van der Waals surface area contributed by atoms with Crippen LogP contribution in [0.2, 0.25) is 5.02 Å². The van der Waals surface area contributed by atoms with Gasteiger partial charge in [0.05, 0.1) is 47.0 Å². The van der Waals surface area contributed by atoms with E-state index < -0.39 is 34.4 Å². The molecule has 1 aliphatic heterocycles. The van der Waals surface area contributed by atoms with Crippen LogP contribution in [0.3, 0.4) is 0 Å². The number of nitrogens with zero attached hydrogens (tertiary/aromatic N) is 4. The van der Waals surface area contributed by atoms with E-state index in [0.717, 1.165) is 9.44 Å². The highest BCUT2D eigenvalue weighted by Gasteiger charge is 2.43. The number of rotatable bonds is 9. The van der Waals surface area contributed by atoms with Gasteiger partial charge in [0.25, 0.3) is 0 Å². The summed E-state index contributed by atoms with van der Waals surface area (Å²) in [5, 5.41) is 17.1. The van der Waals surface area contributed by atoms with Gasteiger partial charge in [0.15, 0.2) is 17.3 Å². The van der Waals surface area contributed by atoms with Crippen molar-refractivity contribution in [2.45, 2.75) is 49.8 Å². The van der Waals surface area contributed by atoms with E-state index in [1.807, 2.05) is 19.9 Å². The van der Waals surface area contributed by atoms with Gasteiger partial charge in [-0.15, -0.1) is 33.3 Å². The number of methoxy groups -OCH3 is 2. The topological polar surface area (TPSA) is 99.4 Å². The molecular formula is C29H28ClF3N4O4S2. The van der Waals surface area contributed by atoms with Gasteiger partial charge in [-0.2, -0.15) is 13.2 Å². The molecule has 14 heteroatoms. The minimum Gasteiger partial charge on any atom is -0.493 e. The number of hydrogen-bond acceptors (Lipinski definition) is 8. The summed E-state index contributed by atoms with van der Waals surface area (Å²) in [5.41, 5.74) is 2.18. The zero-order chi connectivity index (χ0) is 31.1. The lowest BCUT2D eigenvalue weighted by Crippen LogP contribution is -2.16. The van der Waals surface area contributed by atoms with Gasteiger partial charge in [-0.05, 0) is 49.6 Å². The van der Waals surface area contributed by atoms with Crippen LogP contribution >= 0.6 is 34.7 Å². The molecule has 228 valence electrons. The molecule has 3 heterocycles. The third-order valence-electron chi connectivity index (χ3n) is 7.33. The number of thiazole rings is 1. The average Bonchev–Trinajstić information content (AvgIpc) is 3.53. The van der Waals surface area contributed by atoms with E-state index >= 15 is 0 Å². The highest BCUT2D eigenvalue weighted by molar-refractivity contribution is 8.00. The predicted molar refractivity (Wildman–Crippen MR) is 159 cm³/mol. The Morgan fingerprint density at radius 2 is 1.93 bits per heavy atom. The number of para-hydroxylation sites is 1. The fourth-order valence-electron chi connectivity index (χ4n) is 5.22. The van der Waals surface area contributed by atoms with Crippen molar-refractivity contribution in [2.24, 2.45) is 5.92 Å². The van der Waals surface area contributed by atoms with Crippen molar-refractivity contribution in [2.75, 3.05) is 14.2 Å². The van der Waals surface area contributed by atoms with Crippen molar-refractivity contribution in [3.63, 3.8) is 0 Å². The standard InChI is InChI=1S/C29H28ClF3N4O4S2/c1-5-15(27(38)39)11-21-14(2)34-23(42-21)13-22-26-35-36-28(29(31,32)33)37(26)19-10-9-16(30)12-18(19)25(43-22)17-7-6-8-20(40-3)24(17)41-4/h6-10,12,15,22,25H,5,11,13H2,1-4H3,(H,38,39)/t15?,22-,25-/m0/s1. The third kappa shape index (κ3) is 6.07. The van der Waals surface area contributed by atoms with Crippen LogP contribution in [0.5, 0.6) is 11.5 Å². The molecule has 1 N–H and O–H groups in total. The number of carbonyl (C=O) groups is 1. The van der Waals surface area contributed by atoms with E-state index in [2.05, 4.69) is 10.2 Å². The largest absolute Gasteiger partial charge is 0.493 e. The zero-order valence-electron chi connectivity index (χ0n) is 23.6. The molecule has 0 aliphatic carbocycles. The summed E-state index contributed by atoms with van der Waals surface area (Å²) >= 11 is 9.19. The Kier molecular flexibility index (Phi) is 8.96. The first kappa shape index (κ1) is 31.1. The normalized spacial score (nSPS) is 17.1. The van der Waals surface area contributed by atoms with Crippen LogP contribution in [0.1, 0.15) is 62.2 Å². The number of aromatic nitrogens is 4. The smallest absolute Gasteiger partial charge is 0.452 e. The quantitative estimate of drug-likeness (QED) is 0.199. The van der Waals surface area contributed by atoms with Crippen LogP contribution in [0.25, 0.3) is 5.69 Å². The lowest BCUT2D eigenvalue weighted by Gasteiger charge is -2.23. The van der Waals surface area contributed by atoms with Gasteiger partial charge in [0.2, 0.25) is 5.82 Å². The molecule has 0 saturated carbocycles. The van der Waals surface area contributed by atoms with Crippen LogP contribution < -0.4 is 9.47 Å². The lowest BCUT2D eigenvalue weighted by molar-refractivity contribution is -0.146. The molecule has 0 saturated heterocycles. The Balaban J connectivity index is 1.68. The molecule has 0 fully saturated rings. The Morgan fingerprint density at radius 1 is 1.16 bits per heavy atom. The molecule has 4 aromatic rings. The van der Waals surface area contributed by atoms with Gasteiger partial charge in [-0.1, -0.05) is 30.7 Å². The number of carboxylic acids is 1. The van der Waals surface area contributed by atoms with Gasteiger partial charge in [0.1, 0.15) is 0 Å². The van der Waals surface area contributed by atoms with E-state index in [0.29, 0.717) is 51.2 Å². The maximum atomic E-state index is 14.3. The molecule has 2 aromatic carbocycles. The molecule has 3 atom stereocenters. The minimum absolute atomic E-state index is 0.122. The van der Waals surface area contributed by atoms with Crippen LogP contribution in [0.15, 0.2) is 36.4 Å². The molecule has 0 amide bonds. The second kappa shape index (κ2) is 12.4. The van der Waals surface area contributed by atoms with Crippen LogP contribution in [0, 0.1) is 12.8 Å². The van der Waals surface area contributed by atoms with E-state index in [1.165, 1.54) is 43.4 Å². The molecule has 43 heavy (non-hydrogen) atoms. The minimum atomic E-state index is -4.78. The van der Waals surface area contributed by atoms with E-state index in [-0.39, 0.29) is 17.9 Å². The summed E-state index contributed by atoms with van der Waals surface area (Å²) in [5.74, 6) is -1.52. The van der Waals surface area contributed by atoms with Crippen LogP contribution in [-0.4, -0.2) is 45.0 Å². The van der Waals surface area contributed by atoms with Crippen molar-refractivity contribution >= 4 is 40.7 Å². The summed E-state index contributed by atoms with van der Waals surface area (Å²) in [4.78, 5) is 17.2. The number of carboxylic acid groups (broad SMARTS) is 1. The monoisotopic (exact) mass is 652 g/mol. The number of thioether (sulfide) groups is 1. The summed E-state index contributed by atoms with van der Waals surface area (Å²) in [6.45, 7) is 3.64. The van der Waals surface area contributed by atoms with Crippen molar-refractivity contribution in [1.29, 1.82) is 0 Å². The molecule has 5 rings (SSSR count). The average molecular weight is 653 g/mol. The molecule has 0 bridgehead atoms. The first-order chi connectivity index (χ1) is 20.5. The number of aliphatic carboxylic acids is 1. The number of halogens is 4. The first-order valence-corrected chi connectivity index (χ1v) is 15.5. The molecule has 8 nitrogen and oxygen atoms in total. The van der Waals surface area contributed by atoms with Crippen molar-refractivity contribution in [1.82, 2.24) is 19.7 Å².